The monoisotopic (exact) mass is 292 g/mol. The Hall–Kier alpha value is -0.610. The van der Waals surface area contributed by atoms with Gasteiger partial charge in [-0.3, -0.25) is 4.79 Å². The zero-order valence-electron chi connectivity index (χ0n) is 12.9. The average Bonchev–Trinajstić information content (AvgIpc) is 3.33. The molecule has 1 amide bonds. The second-order valence-electron chi connectivity index (χ2n) is 7.63. The summed E-state index contributed by atoms with van der Waals surface area (Å²) in [5, 5.41) is 10.2. The summed E-state index contributed by atoms with van der Waals surface area (Å²) in [7, 11) is 0. The first-order valence-electron chi connectivity index (χ1n) is 8.98. The van der Waals surface area contributed by atoms with Crippen LogP contribution in [0.3, 0.4) is 0 Å². The lowest BCUT2D eigenvalue weighted by Gasteiger charge is -2.45. The molecule has 3 aliphatic heterocycles. The number of fused-ring (bicyclic) bond motifs is 2. The molecule has 1 aliphatic carbocycles. The van der Waals surface area contributed by atoms with Crippen LogP contribution in [0.5, 0.6) is 0 Å². The Morgan fingerprint density at radius 3 is 2.10 bits per heavy atom. The lowest BCUT2D eigenvalue weighted by molar-refractivity contribution is -0.147. The minimum absolute atomic E-state index is 0.0436. The van der Waals surface area contributed by atoms with Gasteiger partial charge >= 0.3 is 0 Å². The van der Waals surface area contributed by atoms with Gasteiger partial charge in [-0.25, -0.2) is 0 Å². The van der Waals surface area contributed by atoms with E-state index in [-0.39, 0.29) is 11.8 Å². The molecule has 2 bridgehead atoms. The summed E-state index contributed by atoms with van der Waals surface area (Å²) in [5.41, 5.74) is 0. The minimum Gasteiger partial charge on any atom is -0.383 e. The van der Waals surface area contributed by atoms with E-state index >= 15 is 0 Å². The zero-order valence-corrected chi connectivity index (χ0v) is 12.9. The van der Waals surface area contributed by atoms with Crippen LogP contribution in [-0.4, -0.2) is 58.1 Å². The molecule has 4 fully saturated rings. The quantitative estimate of drug-likeness (QED) is 0.862. The molecule has 3 heterocycles. The number of aliphatic hydroxyl groups is 1. The van der Waals surface area contributed by atoms with Crippen molar-refractivity contribution < 1.29 is 9.90 Å². The van der Waals surface area contributed by atoms with Gasteiger partial charge in [0.1, 0.15) is 6.10 Å². The number of aliphatic hydroxyl groups excluding tert-OH is 1. The van der Waals surface area contributed by atoms with E-state index in [1.807, 2.05) is 0 Å². The van der Waals surface area contributed by atoms with Crippen LogP contribution in [0.15, 0.2) is 0 Å². The van der Waals surface area contributed by atoms with E-state index in [0.717, 1.165) is 38.5 Å². The molecule has 3 atom stereocenters. The van der Waals surface area contributed by atoms with E-state index in [1.54, 1.807) is 0 Å². The van der Waals surface area contributed by atoms with Crippen molar-refractivity contribution in [3.8, 4) is 0 Å². The van der Waals surface area contributed by atoms with Gasteiger partial charge in [-0.2, -0.15) is 0 Å². The molecule has 0 radical (unpaired) electrons. The SMILES string of the molecule is O=C(C(O)C1CC1)N1C2CCC1CC(N1CCCCC1)C2. The van der Waals surface area contributed by atoms with Crippen molar-refractivity contribution in [1.29, 1.82) is 0 Å². The van der Waals surface area contributed by atoms with Crippen LogP contribution in [0.25, 0.3) is 0 Å². The third-order valence-corrected chi connectivity index (χ3v) is 6.19. The maximum Gasteiger partial charge on any atom is 0.252 e. The number of amides is 1. The van der Waals surface area contributed by atoms with Crippen molar-refractivity contribution in [2.45, 2.75) is 82.0 Å². The molecular weight excluding hydrogens is 264 g/mol. The van der Waals surface area contributed by atoms with Gasteiger partial charge in [0.15, 0.2) is 0 Å². The van der Waals surface area contributed by atoms with Crippen LogP contribution in [0.4, 0.5) is 0 Å². The van der Waals surface area contributed by atoms with E-state index in [0.29, 0.717) is 18.1 Å². The van der Waals surface area contributed by atoms with Gasteiger partial charge in [0.05, 0.1) is 0 Å². The number of nitrogens with zero attached hydrogens (tertiary/aromatic N) is 2. The van der Waals surface area contributed by atoms with Gasteiger partial charge in [0.25, 0.3) is 5.91 Å². The highest BCUT2D eigenvalue weighted by Crippen LogP contribution is 2.41. The number of carbonyl (C=O) groups excluding carboxylic acids is 1. The maximum absolute atomic E-state index is 12.6. The molecule has 1 N–H and O–H groups in total. The van der Waals surface area contributed by atoms with Crippen LogP contribution in [-0.2, 0) is 4.79 Å². The normalized spacial score (nSPS) is 38.5. The van der Waals surface area contributed by atoms with Crippen LogP contribution in [0.2, 0.25) is 0 Å². The van der Waals surface area contributed by atoms with Crippen LogP contribution < -0.4 is 0 Å². The van der Waals surface area contributed by atoms with Crippen molar-refractivity contribution in [2.75, 3.05) is 13.1 Å². The summed E-state index contributed by atoms with van der Waals surface area (Å²) in [4.78, 5) is 17.3. The summed E-state index contributed by atoms with van der Waals surface area (Å²) in [6.45, 7) is 2.51. The molecule has 0 spiro atoms. The molecule has 1 saturated carbocycles. The van der Waals surface area contributed by atoms with Crippen molar-refractivity contribution in [3.63, 3.8) is 0 Å². The lowest BCUT2D eigenvalue weighted by Crippen LogP contribution is -2.55. The minimum atomic E-state index is -0.709. The molecule has 4 heteroatoms. The predicted octanol–water partition coefficient (Wildman–Crippen LogP) is 1.77. The number of hydrogen-bond donors (Lipinski definition) is 1. The molecule has 4 aliphatic rings. The summed E-state index contributed by atoms with van der Waals surface area (Å²) < 4.78 is 0. The Bertz CT molecular complexity index is 390. The standard InChI is InChI=1S/C17H28N2O2/c20-16(12-4-5-12)17(21)19-13-6-7-14(19)11-15(10-13)18-8-2-1-3-9-18/h12-16,20H,1-11H2. The topological polar surface area (TPSA) is 43.8 Å². The smallest absolute Gasteiger partial charge is 0.252 e. The van der Waals surface area contributed by atoms with Crippen molar-refractivity contribution in [2.24, 2.45) is 5.92 Å². The Morgan fingerprint density at radius 2 is 1.52 bits per heavy atom. The number of carbonyl (C=O) groups is 1. The van der Waals surface area contributed by atoms with Gasteiger partial charge in [-0.1, -0.05) is 6.42 Å². The Kier molecular flexibility index (Phi) is 3.70. The van der Waals surface area contributed by atoms with E-state index in [9.17, 15) is 9.90 Å². The molecule has 0 aromatic heterocycles. The third kappa shape index (κ3) is 2.61. The van der Waals surface area contributed by atoms with Gasteiger partial charge in [-0.05, 0) is 70.4 Å². The second-order valence-corrected chi connectivity index (χ2v) is 7.63. The van der Waals surface area contributed by atoms with Crippen LogP contribution in [0.1, 0.15) is 57.8 Å². The van der Waals surface area contributed by atoms with Gasteiger partial charge < -0.3 is 14.9 Å². The zero-order chi connectivity index (χ0) is 14.4. The van der Waals surface area contributed by atoms with Crippen LogP contribution >= 0.6 is 0 Å². The molecule has 21 heavy (non-hydrogen) atoms. The fourth-order valence-electron chi connectivity index (χ4n) is 4.86. The first-order valence-corrected chi connectivity index (χ1v) is 8.98. The van der Waals surface area contributed by atoms with E-state index in [2.05, 4.69) is 9.80 Å². The van der Waals surface area contributed by atoms with E-state index in [4.69, 9.17) is 0 Å². The van der Waals surface area contributed by atoms with Gasteiger partial charge in [0.2, 0.25) is 0 Å². The first kappa shape index (κ1) is 14.0. The Labute approximate surface area is 127 Å². The first-order chi connectivity index (χ1) is 10.2. The van der Waals surface area contributed by atoms with Crippen LogP contribution in [0, 0.1) is 5.92 Å². The second kappa shape index (κ2) is 5.54. The highest BCUT2D eigenvalue weighted by atomic mass is 16.3. The maximum atomic E-state index is 12.6. The molecule has 3 saturated heterocycles. The van der Waals surface area contributed by atoms with E-state index in [1.165, 1.54) is 32.4 Å². The predicted molar refractivity (Wildman–Crippen MR) is 80.8 cm³/mol. The highest BCUT2D eigenvalue weighted by molar-refractivity contribution is 5.82. The van der Waals surface area contributed by atoms with E-state index < -0.39 is 6.10 Å². The molecule has 4 rings (SSSR count). The molecule has 0 aromatic carbocycles. The molecule has 0 aromatic rings. The Morgan fingerprint density at radius 1 is 0.905 bits per heavy atom. The van der Waals surface area contributed by atoms with Gasteiger partial charge in [0, 0.05) is 18.1 Å². The van der Waals surface area contributed by atoms with Crippen molar-refractivity contribution in [3.05, 3.63) is 0 Å². The Balaban J connectivity index is 1.42. The molecule has 118 valence electrons. The van der Waals surface area contributed by atoms with Crippen molar-refractivity contribution >= 4 is 5.91 Å². The number of rotatable bonds is 3. The lowest BCUT2D eigenvalue weighted by atomic mass is 9.93. The number of likely N-dealkylation sites (tertiary alicyclic amines) is 1. The molecule has 3 unspecified atom stereocenters. The van der Waals surface area contributed by atoms with Crippen molar-refractivity contribution in [1.82, 2.24) is 9.80 Å². The fraction of sp³-hybridized carbons (Fsp3) is 0.941. The summed E-state index contributed by atoms with van der Waals surface area (Å²) in [6.07, 6.45) is 10.0. The largest absolute Gasteiger partial charge is 0.383 e. The highest BCUT2D eigenvalue weighted by Gasteiger charge is 2.48. The average molecular weight is 292 g/mol. The van der Waals surface area contributed by atoms with Gasteiger partial charge in [-0.15, -0.1) is 0 Å². The molecular formula is C17H28N2O2. The summed E-state index contributed by atoms with van der Waals surface area (Å²) >= 11 is 0. The number of piperidine rings is 2. The third-order valence-electron chi connectivity index (χ3n) is 6.19. The molecule has 4 nitrogen and oxygen atoms in total. The summed E-state index contributed by atoms with van der Waals surface area (Å²) in [6, 6.07) is 1.48. The summed E-state index contributed by atoms with van der Waals surface area (Å²) in [5.74, 6) is 0.304. The fourth-order valence-corrected chi connectivity index (χ4v) is 4.86. The number of hydrogen-bond acceptors (Lipinski definition) is 3.